The SMILES string of the molecule is CC1=Cc2ccccc2N(C(=O)CCN)Cc2ccccc21. The first kappa shape index (κ1) is 14.5. The third kappa shape index (κ3) is 2.68. The minimum absolute atomic E-state index is 0.0673. The molecule has 3 nitrogen and oxygen atoms in total. The van der Waals surface area contributed by atoms with Crippen LogP contribution in [0.5, 0.6) is 0 Å². The van der Waals surface area contributed by atoms with Gasteiger partial charge in [-0.3, -0.25) is 4.79 Å². The van der Waals surface area contributed by atoms with E-state index in [1.54, 1.807) is 0 Å². The van der Waals surface area contributed by atoms with E-state index < -0.39 is 0 Å². The second kappa shape index (κ2) is 6.16. The van der Waals surface area contributed by atoms with Crippen LogP contribution in [0.2, 0.25) is 0 Å². The van der Waals surface area contributed by atoms with Crippen LogP contribution in [0.4, 0.5) is 5.69 Å². The molecule has 2 aromatic carbocycles. The number of allylic oxidation sites excluding steroid dienone is 1. The fourth-order valence-electron chi connectivity index (χ4n) is 2.95. The standard InChI is InChI=1S/C19H20N2O/c1-14-12-15-6-3-5-9-18(15)21(19(22)10-11-20)13-16-7-2-4-8-17(14)16/h2-9,12H,10-11,13,20H2,1H3. The summed E-state index contributed by atoms with van der Waals surface area (Å²) in [6.07, 6.45) is 2.51. The number of hydrogen-bond acceptors (Lipinski definition) is 2. The number of hydrogen-bond donors (Lipinski definition) is 1. The van der Waals surface area contributed by atoms with Crippen LogP contribution in [0.15, 0.2) is 48.5 Å². The lowest BCUT2D eigenvalue weighted by Gasteiger charge is -2.28. The minimum Gasteiger partial charge on any atom is -0.330 e. The zero-order chi connectivity index (χ0) is 15.5. The first-order chi connectivity index (χ1) is 10.7. The van der Waals surface area contributed by atoms with Crippen LogP contribution in [0.3, 0.4) is 0 Å². The normalized spacial score (nSPS) is 13.5. The molecule has 1 aliphatic rings. The van der Waals surface area contributed by atoms with E-state index in [2.05, 4.69) is 31.2 Å². The molecule has 112 valence electrons. The highest BCUT2D eigenvalue weighted by Gasteiger charge is 2.21. The number of fused-ring (bicyclic) bond motifs is 2. The van der Waals surface area contributed by atoms with Crippen LogP contribution in [0.1, 0.15) is 30.0 Å². The third-order valence-corrected chi connectivity index (χ3v) is 4.03. The maximum absolute atomic E-state index is 12.5. The van der Waals surface area contributed by atoms with Crippen LogP contribution in [0, 0.1) is 0 Å². The van der Waals surface area contributed by atoms with E-state index in [4.69, 9.17) is 5.73 Å². The Morgan fingerprint density at radius 3 is 2.68 bits per heavy atom. The molecule has 1 heterocycles. The van der Waals surface area contributed by atoms with E-state index in [-0.39, 0.29) is 5.91 Å². The Balaban J connectivity index is 2.17. The van der Waals surface area contributed by atoms with Gasteiger partial charge in [0.25, 0.3) is 0 Å². The summed E-state index contributed by atoms with van der Waals surface area (Å²) in [4.78, 5) is 14.4. The predicted octanol–water partition coefficient (Wildman–Crippen LogP) is 3.44. The van der Waals surface area contributed by atoms with Crippen molar-refractivity contribution in [3.8, 4) is 0 Å². The fraction of sp³-hybridized carbons (Fsp3) is 0.211. The summed E-state index contributed by atoms with van der Waals surface area (Å²) in [5.41, 5.74) is 11.2. The Labute approximate surface area is 131 Å². The molecule has 3 rings (SSSR count). The van der Waals surface area contributed by atoms with Gasteiger partial charge in [-0.1, -0.05) is 42.5 Å². The molecule has 3 heteroatoms. The van der Waals surface area contributed by atoms with E-state index in [0.29, 0.717) is 19.5 Å². The van der Waals surface area contributed by atoms with Gasteiger partial charge in [-0.15, -0.1) is 0 Å². The van der Waals surface area contributed by atoms with Crippen LogP contribution in [-0.2, 0) is 11.3 Å². The molecule has 0 atom stereocenters. The lowest BCUT2D eigenvalue weighted by Crippen LogP contribution is -2.33. The molecule has 22 heavy (non-hydrogen) atoms. The predicted molar refractivity (Wildman–Crippen MR) is 91.3 cm³/mol. The van der Waals surface area contributed by atoms with Gasteiger partial charge in [-0.05, 0) is 41.3 Å². The van der Waals surface area contributed by atoms with E-state index in [0.717, 1.165) is 16.8 Å². The molecule has 0 saturated carbocycles. The van der Waals surface area contributed by atoms with Crippen molar-refractivity contribution in [1.82, 2.24) is 0 Å². The second-order valence-corrected chi connectivity index (χ2v) is 5.56. The summed E-state index contributed by atoms with van der Waals surface area (Å²) in [5.74, 6) is 0.0673. The van der Waals surface area contributed by atoms with Crippen LogP contribution in [-0.4, -0.2) is 12.5 Å². The number of nitrogens with zero attached hydrogens (tertiary/aromatic N) is 1. The Kier molecular flexibility index (Phi) is 4.07. The van der Waals surface area contributed by atoms with E-state index in [9.17, 15) is 4.79 Å². The molecule has 0 saturated heterocycles. The number of carbonyl (C=O) groups excluding carboxylic acids is 1. The first-order valence-electron chi connectivity index (χ1n) is 7.56. The van der Waals surface area contributed by atoms with E-state index in [1.807, 2.05) is 35.2 Å². The molecule has 0 radical (unpaired) electrons. The molecule has 0 aliphatic carbocycles. The lowest BCUT2D eigenvalue weighted by atomic mass is 9.95. The van der Waals surface area contributed by atoms with Crippen LogP contribution >= 0.6 is 0 Å². The Morgan fingerprint density at radius 2 is 1.86 bits per heavy atom. The highest BCUT2D eigenvalue weighted by molar-refractivity contribution is 5.98. The molecule has 1 aliphatic heterocycles. The molecule has 2 N–H and O–H groups in total. The quantitative estimate of drug-likeness (QED) is 0.921. The van der Waals surface area contributed by atoms with Crippen LogP contribution < -0.4 is 10.6 Å². The van der Waals surface area contributed by atoms with Crippen molar-refractivity contribution < 1.29 is 4.79 Å². The van der Waals surface area contributed by atoms with Crippen molar-refractivity contribution in [2.75, 3.05) is 11.4 Å². The summed E-state index contributed by atoms with van der Waals surface area (Å²) in [6, 6.07) is 16.3. The smallest absolute Gasteiger partial charge is 0.228 e. The zero-order valence-electron chi connectivity index (χ0n) is 12.8. The highest BCUT2D eigenvalue weighted by atomic mass is 16.2. The van der Waals surface area contributed by atoms with Gasteiger partial charge in [0.1, 0.15) is 0 Å². The van der Waals surface area contributed by atoms with Gasteiger partial charge in [-0.25, -0.2) is 0 Å². The van der Waals surface area contributed by atoms with Crippen molar-refractivity contribution in [2.24, 2.45) is 5.73 Å². The summed E-state index contributed by atoms with van der Waals surface area (Å²) < 4.78 is 0. The molecular weight excluding hydrogens is 272 g/mol. The lowest BCUT2D eigenvalue weighted by molar-refractivity contribution is -0.118. The zero-order valence-corrected chi connectivity index (χ0v) is 12.8. The summed E-state index contributed by atoms with van der Waals surface area (Å²) >= 11 is 0. The number of anilines is 1. The molecule has 0 unspecified atom stereocenters. The van der Waals surface area contributed by atoms with Gasteiger partial charge in [-0.2, -0.15) is 0 Å². The maximum atomic E-state index is 12.5. The second-order valence-electron chi connectivity index (χ2n) is 5.56. The number of amides is 1. The van der Waals surface area contributed by atoms with Crippen molar-refractivity contribution in [3.63, 3.8) is 0 Å². The molecule has 0 fully saturated rings. The highest BCUT2D eigenvalue weighted by Crippen LogP contribution is 2.32. The molecule has 0 spiro atoms. The molecule has 1 amide bonds. The minimum atomic E-state index is 0.0673. The number of nitrogens with two attached hydrogens (primary N) is 1. The molecule has 0 aromatic heterocycles. The average Bonchev–Trinajstić information content (AvgIpc) is 2.52. The van der Waals surface area contributed by atoms with Crippen molar-refractivity contribution >= 4 is 23.2 Å². The number of carbonyl (C=O) groups is 1. The number of para-hydroxylation sites is 1. The van der Waals surface area contributed by atoms with Gasteiger partial charge >= 0.3 is 0 Å². The Morgan fingerprint density at radius 1 is 1.14 bits per heavy atom. The van der Waals surface area contributed by atoms with E-state index in [1.165, 1.54) is 11.1 Å². The summed E-state index contributed by atoms with van der Waals surface area (Å²) in [5, 5.41) is 0. The van der Waals surface area contributed by atoms with Gasteiger partial charge in [0.15, 0.2) is 0 Å². The Hall–Kier alpha value is -2.39. The van der Waals surface area contributed by atoms with Crippen molar-refractivity contribution in [1.29, 1.82) is 0 Å². The number of rotatable bonds is 2. The van der Waals surface area contributed by atoms with E-state index >= 15 is 0 Å². The van der Waals surface area contributed by atoms with Crippen LogP contribution in [0.25, 0.3) is 11.6 Å². The largest absolute Gasteiger partial charge is 0.330 e. The van der Waals surface area contributed by atoms with Gasteiger partial charge in [0.2, 0.25) is 5.91 Å². The van der Waals surface area contributed by atoms with Gasteiger partial charge in [0, 0.05) is 13.0 Å². The third-order valence-electron chi connectivity index (χ3n) is 4.03. The van der Waals surface area contributed by atoms with Gasteiger partial charge < -0.3 is 10.6 Å². The van der Waals surface area contributed by atoms with Gasteiger partial charge in [0.05, 0.1) is 12.2 Å². The monoisotopic (exact) mass is 292 g/mol. The van der Waals surface area contributed by atoms with Crippen molar-refractivity contribution in [2.45, 2.75) is 19.9 Å². The first-order valence-corrected chi connectivity index (χ1v) is 7.56. The number of benzene rings is 2. The molecular formula is C19H20N2O. The summed E-state index contributed by atoms with van der Waals surface area (Å²) in [7, 11) is 0. The topological polar surface area (TPSA) is 46.3 Å². The fourth-order valence-corrected chi connectivity index (χ4v) is 2.95. The maximum Gasteiger partial charge on any atom is 0.228 e. The summed E-state index contributed by atoms with van der Waals surface area (Å²) in [6.45, 7) is 3.07. The molecule has 2 aromatic rings. The Bertz CT molecular complexity index is 734. The molecule has 0 bridgehead atoms. The average molecular weight is 292 g/mol. The van der Waals surface area contributed by atoms with Crippen molar-refractivity contribution in [3.05, 3.63) is 65.2 Å².